The fourth-order valence-corrected chi connectivity index (χ4v) is 1.79. The van der Waals surface area contributed by atoms with Crippen LogP contribution in [0.4, 0.5) is 5.69 Å². The molecule has 94 valence electrons. The van der Waals surface area contributed by atoms with Gasteiger partial charge in [-0.25, -0.2) is 4.98 Å². The summed E-state index contributed by atoms with van der Waals surface area (Å²) >= 11 is 0. The number of nitrogens with one attached hydrogen (secondary N) is 1. The first-order valence-electron chi connectivity index (χ1n) is 6.01. The molecule has 0 atom stereocenters. The SMILES string of the molecule is Cc1nc2cc(NCC(C)(C)C#N)ccc2n1C. The van der Waals surface area contributed by atoms with Crippen LogP contribution in [-0.2, 0) is 7.05 Å². The summed E-state index contributed by atoms with van der Waals surface area (Å²) in [5, 5.41) is 12.3. The van der Waals surface area contributed by atoms with Gasteiger partial charge in [-0.1, -0.05) is 0 Å². The smallest absolute Gasteiger partial charge is 0.106 e. The summed E-state index contributed by atoms with van der Waals surface area (Å²) in [6.45, 7) is 6.46. The van der Waals surface area contributed by atoms with Crippen LogP contribution in [0.15, 0.2) is 18.2 Å². The second-order valence-corrected chi connectivity index (χ2v) is 5.27. The van der Waals surface area contributed by atoms with E-state index in [1.807, 2.05) is 40.0 Å². The molecule has 0 bridgehead atoms. The Hall–Kier alpha value is -2.02. The molecule has 0 amide bonds. The van der Waals surface area contributed by atoms with Crippen molar-refractivity contribution in [1.82, 2.24) is 9.55 Å². The first-order chi connectivity index (χ1) is 8.43. The Balaban J connectivity index is 2.24. The van der Waals surface area contributed by atoms with Gasteiger partial charge in [-0.2, -0.15) is 5.26 Å². The van der Waals surface area contributed by atoms with Crippen molar-refractivity contribution in [3.05, 3.63) is 24.0 Å². The first kappa shape index (κ1) is 12.4. The van der Waals surface area contributed by atoms with E-state index in [2.05, 4.69) is 27.0 Å². The Morgan fingerprint density at radius 2 is 2.17 bits per heavy atom. The Morgan fingerprint density at radius 3 is 2.83 bits per heavy atom. The number of aromatic nitrogens is 2. The van der Waals surface area contributed by atoms with Crippen LogP contribution in [0.5, 0.6) is 0 Å². The third kappa shape index (κ3) is 2.30. The van der Waals surface area contributed by atoms with Gasteiger partial charge in [0.15, 0.2) is 0 Å². The van der Waals surface area contributed by atoms with Crippen LogP contribution < -0.4 is 5.32 Å². The van der Waals surface area contributed by atoms with Gasteiger partial charge in [-0.15, -0.1) is 0 Å². The zero-order valence-corrected chi connectivity index (χ0v) is 11.3. The molecule has 0 aliphatic rings. The summed E-state index contributed by atoms with van der Waals surface area (Å²) in [6, 6.07) is 8.38. The number of imidazole rings is 1. The van der Waals surface area contributed by atoms with Gasteiger partial charge in [-0.3, -0.25) is 0 Å². The molecule has 4 heteroatoms. The second-order valence-electron chi connectivity index (χ2n) is 5.27. The van der Waals surface area contributed by atoms with Crippen molar-refractivity contribution in [1.29, 1.82) is 5.26 Å². The number of anilines is 1. The molecule has 1 aromatic heterocycles. The number of aryl methyl sites for hydroxylation is 2. The van der Waals surface area contributed by atoms with Crippen LogP contribution >= 0.6 is 0 Å². The number of nitrogens with zero attached hydrogens (tertiary/aromatic N) is 3. The van der Waals surface area contributed by atoms with Gasteiger partial charge in [-0.05, 0) is 39.0 Å². The van der Waals surface area contributed by atoms with E-state index < -0.39 is 0 Å². The summed E-state index contributed by atoms with van der Waals surface area (Å²) in [7, 11) is 2.01. The minimum Gasteiger partial charge on any atom is -0.383 e. The Morgan fingerprint density at radius 1 is 1.44 bits per heavy atom. The fraction of sp³-hybridized carbons (Fsp3) is 0.429. The van der Waals surface area contributed by atoms with E-state index in [9.17, 15) is 0 Å². The Bertz CT molecular complexity index is 616. The molecule has 0 aliphatic heterocycles. The standard InChI is InChI=1S/C14H18N4/c1-10-17-12-7-11(5-6-13(12)18(10)4)16-9-14(2,3)8-15/h5-7,16H,9H2,1-4H3. The molecule has 4 nitrogen and oxygen atoms in total. The lowest BCUT2D eigenvalue weighted by Gasteiger charge is -2.16. The van der Waals surface area contributed by atoms with Crippen molar-refractivity contribution in [2.24, 2.45) is 12.5 Å². The topological polar surface area (TPSA) is 53.6 Å². The molecule has 0 saturated heterocycles. The summed E-state index contributed by atoms with van der Waals surface area (Å²) < 4.78 is 2.07. The predicted molar refractivity (Wildman–Crippen MR) is 73.3 cm³/mol. The quantitative estimate of drug-likeness (QED) is 0.900. The number of hydrogen-bond acceptors (Lipinski definition) is 3. The molecule has 18 heavy (non-hydrogen) atoms. The van der Waals surface area contributed by atoms with E-state index in [0.29, 0.717) is 6.54 Å². The average Bonchev–Trinajstić information content (AvgIpc) is 2.62. The minimum atomic E-state index is -0.366. The van der Waals surface area contributed by atoms with Crippen molar-refractivity contribution < 1.29 is 0 Å². The molecule has 0 saturated carbocycles. The highest BCUT2D eigenvalue weighted by Crippen LogP contribution is 2.21. The molecule has 1 aromatic carbocycles. The molecule has 0 spiro atoms. The molecule has 0 radical (unpaired) electrons. The zero-order chi connectivity index (χ0) is 13.3. The molecule has 0 unspecified atom stereocenters. The molecule has 0 fully saturated rings. The van der Waals surface area contributed by atoms with Crippen LogP contribution in [0, 0.1) is 23.7 Å². The molecular formula is C14H18N4. The lowest BCUT2D eigenvalue weighted by Crippen LogP contribution is -2.20. The largest absolute Gasteiger partial charge is 0.383 e. The lowest BCUT2D eigenvalue weighted by atomic mass is 9.96. The van der Waals surface area contributed by atoms with Gasteiger partial charge in [0.25, 0.3) is 0 Å². The minimum absolute atomic E-state index is 0.366. The fourth-order valence-electron chi connectivity index (χ4n) is 1.79. The van der Waals surface area contributed by atoms with Gasteiger partial charge in [0.1, 0.15) is 5.82 Å². The number of hydrogen-bond donors (Lipinski definition) is 1. The van der Waals surface area contributed by atoms with Gasteiger partial charge < -0.3 is 9.88 Å². The highest BCUT2D eigenvalue weighted by molar-refractivity contribution is 5.80. The number of fused-ring (bicyclic) bond motifs is 1. The molecule has 1 heterocycles. The first-order valence-corrected chi connectivity index (χ1v) is 6.01. The summed E-state index contributed by atoms with van der Waals surface area (Å²) in [5.41, 5.74) is 2.74. The van der Waals surface area contributed by atoms with Crippen molar-refractivity contribution in [3.8, 4) is 6.07 Å². The van der Waals surface area contributed by atoms with Gasteiger partial charge in [0.2, 0.25) is 0 Å². The average molecular weight is 242 g/mol. The summed E-state index contributed by atoms with van der Waals surface area (Å²) in [6.07, 6.45) is 0. The summed E-state index contributed by atoms with van der Waals surface area (Å²) in [4.78, 5) is 4.50. The van der Waals surface area contributed by atoms with Crippen LogP contribution in [0.2, 0.25) is 0 Å². The monoisotopic (exact) mass is 242 g/mol. The van der Waals surface area contributed by atoms with Crippen LogP contribution in [0.25, 0.3) is 11.0 Å². The Kier molecular flexibility index (Phi) is 3.00. The highest BCUT2D eigenvalue weighted by Gasteiger charge is 2.16. The molecular weight excluding hydrogens is 224 g/mol. The summed E-state index contributed by atoms with van der Waals surface area (Å²) in [5.74, 6) is 1.000. The lowest BCUT2D eigenvalue weighted by molar-refractivity contribution is 0.529. The van der Waals surface area contributed by atoms with Crippen molar-refractivity contribution in [2.75, 3.05) is 11.9 Å². The second kappa shape index (κ2) is 4.34. The van der Waals surface area contributed by atoms with E-state index in [-0.39, 0.29) is 5.41 Å². The van der Waals surface area contributed by atoms with Crippen molar-refractivity contribution >= 4 is 16.7 Å². The van der Waals surface area contributed by atoms with Crippen LogP contribution in [0.3, 0.4) is 0 Å². The van der Waals surface area contributed by atoms with E-state index in [1.165, 1.54) is 0 Å². The number of nitriles is 1. The third-order valence-electron chi connectivity index (χ3n) is 3.14. The normalized spacial score (nSPS) is 11.5. The van der Waals surface area contributed by atoms with Crippen LogP contribution in [-0.4, -0.2) is 16.1 Å². The molecule has 2 aromatic rings. The van der Waals surface area contributed by atoms with Gasteiger partial charge >= 0.3 is 0 Å². The third-order valence-corrected chi connectivity index (χ3v) is 3.14. The zero-order valence-electron chi connectivity index (χ0n) is 11.3. The van der Waals surface area contributed by atoms with E-state index in [0.717, 1.165) is 22.5 Å². The number of benzene rings is 1. The maximum atomic E-state index is 8.98. The number of rotatable bonds is 3. The molecule has 2 rings (SSSR count). The van der Waals surface area contributed by atoms with Crippen LogP contribution in [0.1, 0.15) is 19.7 Å². The molecule has 1 N–H and O–H groups in total. The highest BCUT2D eigenvalue weighted by atomic mass is 15.0. The maximum Gasteiger partial charge on any atom is 0.106 e. The van der Waals surface area contributed by atoms with Crippen molar-refractivity contribution in [2.45, 2.75) is 20.8 Å². The van der Waals surface area contributed by atoms with E-state index in [1.54, 1.807) is 0 Å². The Labute approximate surface area is 107 Å². The van der Waals surface area contributed by atoms with Gasteiger partial charge in [0, 0.05) is 19.3 Å². The van der Waals surface area contributed by atoms with E-state index >= 15 is 0 Å². The van der Waals surface area contributed by atoms with Gasteiger partial charge in [0.05, 0.1) is 22.5 Å². The molecule has 0 aliphatic carbocycles. The van der Waals surface area contributed by atoms with Crippen molar-refractivity contribution in [3.63, 3.8) is 0 Å². The van der Waals surface area contributed by atoms with E-state index in [4.69, 9.17) is 5.26 Å². The predicted octanol–water partition coefficient (Wildman–Crippen LogP) is 2.84. The maximum absolute atomic E-state index is 8.98.